The molecular weight excluding hydrogens is 302 g/mol. The number of nitrogens with two attached hydrogens (primary N) is 1. The molecule has 2 N–H and O–H groups in total. The first-order valence-corrected chi connectivity index (χ1v) is 7.55. The maximum absolute atomic E-state index is 6.09. The lowest BCUT2D eigenvalue weighted by Crippen LogP contribution is -2.45. The van der Waals surface area contributed by atoms with Crippen LogP contribution >= 0.6 is 15.9 Å². The normalized spacial score (nSPS) is 26.6. The van der Waals surface area contributed by atoms with Gasteiger partial charge in [-0.25, -0.2) is 0 Å². The predicted molar refractivity (Wildman–Crippen MR) is 83.4 cm³/mol. The molecule has 0 radical (unpaired) electrons. The van der Waals surface area contributed by atoms with Crippen LogP contribution in [0.1, 0.15) is 19.3 Å². The molecule has 0 saturated heterocycles. The van der Waals surface area contributed by atoms with Gasteiger partial charge >= 0.3 is 0 Å². The van der Waals surface area contributed by atoms with Crippen LogP contribution in [0, 0.1) is 5.92 Å². The molecule has 2 atom stereocenters. The molecule has 0 bridgehead atoms. The minimum atomic E-state index is 0.408. The van der Waals surface area contributed by atoms with E-state index >= 15 is 0 Å². The van der Waals surface area contributed by atoms with Crippen LogP contribution in [0.3, 0.4) is 0 Å². The van der Waals surface area contributed by atoms with Gasteiger partial charge < -0.3 is 10.6 Å². The molecule has 0 fully saturated rings. The Morgan fingerprint density at radius 3 is 2.68 bits per heavy atom. The molecule has 1 aromatic rings. The maximum atomic E-state index is 6.09. The Bertz CT molecular complexity index is 507. The smallest absolute Gasteiger partial charge is 0.196 e. The van der Waals surface area contributed by atoms with Crippen LogP contribution < -0.4 is 10.6 Å². The summed E-state index contributed by atoms with van der Waals surface area (Å²) in [5.74, 6) is 1.31. The third kappa shape index (κ3) is 2.54. The van der Waals surface area contributed by atoms with Gasteiger partial charge in [0.15, 0.2) is 5.96 Å². The number of nitrogens with zero attached hydrogens (tertiary/aromatic N) is 2. The fourth-order valence-electron chi connectivity index (χ4n) is 2.97. The van der Waals surface area contributed by atoms with Crippen LogP contribution in [-0.4, -0.2) is 18.5 Å². The van der Waals surface area contributed by atoms with Crippen molar-refractivity contribution in [2.75, 3.05) is 11.4 Å². The summed E-state index contributed by atoms with van der Waals surface area (Å²) in [6.45, 7) is 0.820. The second-order valence-electron chi connectivity index (χ2n) is 5.16. The van der Waals surface area contributed by atoms with E-state index in [1.54, 1.807) is 0 Å². The highest BCUT2D eigenvalue weighted by Crippen LogP contribution is 2.31. The molecule has 1 aliphatic heterocycles. The zero-order chi connectivity index (χ0) is 13.2. The van der Waals surface area contributed by atoms with Crippen LogP contribution in [0.5, 0.6) is 0 Å². The molecule has 2 unspecified atom stereocenters. The Balaban J connectivity index is 1.85. The SMILES string of the molecule is NC1=NCC(C2CC=CCC2)N1c1ccc(Br)cc1. The number of aliphatic imine (C=N–C) groups is 1. The highest BCUT2D eigenvalue weighted by Gasteiger charge is 2.33. The van der Waals surface area contributed by atoms with Gasteiger partial charge in [-0.15, -0.1) is 0 Å². The lowest BCUT2D eigenvalue weighted by Gasteiger charge is -2.33. The second kappa shape index (κ2) is 5.37. The number of benzene rings is 1. The number of hydrogen-bond acceptors (Lipinski definition) is 3. The van der Waals surface area contributed by atoms with Gasteiger partial charge in [-0.05, 0) is 49.4 Å². The van der Waals surface area contributed by atoms with E-state index in [9.17, 15) is 0 Å². The first-order chi connectivity index (χ1) is 9.25. The van der Waals surface area contributed by atoms with Crippen molar-refractivity contribution in [1.29, 1.82) is 0 Å². The van der Waals surface area contributed by atoms with Crippen molar-refractivity contribution >= 4 is 27.6 Å². The average molecular weight is 320 g/mol. The number of rotatable bonds is 2. The molecule has 1 aliphatic carbocycles. The lowest BCUT2D eigenvalue weighted by atomic mass is 9.87. The quantitative estimate of drug-likeness (QED) is 0.850. The summed E-state index contributed by atoms with van der Waals surface area (Å²) in [4.78, 5) is 6.66. The number of hydrogen-bond donors (Lipinski definition) is 1. The highest BCUT2D eigenvalue weighted by atomic mass is 79.9. The largest absolute Gasteiger partial charge is 0.370 e. The second-order valence-corrected chi connectivity index (χ2v) is 6.07. The first kappa shape index (κ1) is 12.7. The van der Waals surface area contributed by atoms with Crippen molar-refractivity contribution in [3.8, 4) is 0 Å². The standard InChI is InChI=1S/C15H18BrN3/c16-12-6-8-13(9-7-12)19-14(10-18-15(19)17)11-4-2-1-3-5-11/h1-2,6-9,11,14H,3-5,10H2,(H2,17,18). The third-order valence-electron chi connectivity index (χ3n) is 3.98. The van der Waals surface area contributed by atoms with E-state index in [0.717, 1.165) is 23.1 Å². The van der Waals surface area contributed by atoms with Crippen molar-refractivity contribution in [3.63, 3.8) is 0 Å². The molecular formula is C15H18BrN3. The van der Waals surface area contributed by atoms with Gasteiger partial charge in [0.2, 0.25) is 0 Å². The van der Waals surface area contributed by atoms with Crippen LogP contribution in [0.2, 0.25) is 0 Å². The van der Waals surface area contributed by atoms with Crippen molar-refractivity contribution in [3.05, 3.63) is 40.9 Å². The molecule has 0 aromatic heterocycles. The fraction of sp³-hybridized carbons (Fsp3) is 0.400. The molecule has 0 spiro atoms. The Morgan fingerprint density at radius 2 is 2.00 bits per heavy atom. The van der Waals surface area contributed by atoms with E-state index in [4.69, 9.17) is 5.73 Å². The van der Waals surface area contributed by atoms with E-state index in [1.807, 2.05) is 0 Å². The average Bonchev–Trinajstić information content (AvgIpc) is 2.83. The van der Waals surface area contributed by atoms with Gasteiger partial charge in [0, 0.05) is 10.2 Å². The number of guanidine groups is 1. The van der Waals surface area contributed by atoms with E-state index in [1.165, 1.54) is 12.8 Å². The Kier molecular flexibility index (Phi) is 3.60. The zero-order valence-corrected chi connectivity index (χ0v) is 12.4. The van der Waals surface area contributed by atoms with Gasteiger partial charge in [-0.3, -0.25) is 4.99 Å². The van der Waals surface area contributed by atoms with E-state index in [-0.39, 0.29) is 0 Å². The topological polar surface area (TPSA) is 41.6 Å². The Morgan fingerprint density at radius 1 is 1.21 bits per heavy atom. The van der Waals surface area contributed by atoms with Gasteiger partial charge in [0.1, 0.15) is 0 Å². The van der Waals surface area contributed by atoms with E-state index in [2.05, 4.69) is 62.2 Å². The van der Waals surface area contributed by atoms with Crippen LogP contribution in [0.15, 0.2) is 45.9 Å². The first-order valence-electron chi connectivity index (χ1n) is 6.75. The number of anilines is 1. The molecule has 1 aromatic carbocycles. The summed E-state index contributed by atoms with van der Waals surface area (Å²) in [5.41, 5.74) is 7.23. The summed E-state index contributed by atoms with van der Waals surface area (Å²) in [5, 5.41) is 0. The van der Waals surface area contributed by atoms with Gasteiger partial charge in [-0.2, -0.15) is 0 Å². The number of allylic oxidation sites excluding steroid dienone is 2. The summed E-state index contributed by atoms with van der Waals surface area (Å²) in [6, 6.07) is 8.72. The molecule has 0 amide bonds. The molecule has 0 saturated carbocycles. The summed E-state index contributed by atoms with van der Waals surface area (Å²) < 4.78 is 1.09. The minimum absolute atomic E-state index is 0.408. The van der Waals surface area contributed by atoms with Crippen molar-refractivity contribution < 1.29 is 0 Å². The van der Waals surface area contributed by atoms with Gasteiger partial charge in [0.05, 0.1) is 12.6 Å². The van der Waals surface area contributed by atoms with Crippen LogP contribution in [0.4, 0.5) is 5.69 Å². The molecule has 4 heteroatoms. The molecule has 1 heterocycles. The van der Waals surface area contributed by atoms with Crippen LogP contribution in [-0.2, 0) is 0 Å². The van der Waals surface area contributed by atoms with Gasteiger partial charge in [-0.1, -0.05) is 28.1 Å². The monoisotopic (exact) mass is 319 g/mol. The molecule has 100 valence electrons. The Hall–Kier alpha value is -1.29. The minimum Gasteiger partial charge on any atom is -0.370 e. The number of halogens is 1. The summed E-state index contributed by atoms with van der Waals surface area (Å²) in [7, 11) is 0. The summed E-state index contributed by atoms with van der Waals surface area (Å²) in [6.07, 6.45) is 8.12. The maximum Gasteiger partial charge on any atom is 0.196 e. The molecule has 2 aliphatic rings. The predicted octanol–water partition coefficient (Wildman–Crippen LogP) is 3.31. The Labute approximate surface area is 122 Å². The fourth-order valence-corrected chi connectivity index (χ4v) is 3.23. The lowest BCUT2D eigenvalue weighted by molar-refractivity contribution is 0.404. The van der Waals surface area contributed by atoms with Crippen molar-refractivity contribution in [1.82, 2.24) is 0 Å². The molecule has 3 rings (SSSR count). The highest BCUT2D eigenvalue weighted by molar-refractivity contribution is 9.10. The summed E-state index contributed by atoms with van der Waals surface area (Å²) >= 11 is 3.47. The van der Waals surface area contributed by atoms with Crippen molar-refractivity contribution in [2.45, 2.75) is 25.3 Å². The molecule has 3 nitrogen and oxygen atoms in total. The van der Waals surface area contributed by atoms with Crippen LogP contribution in [0.25, 0.3) is 0 Å². The zero-order valence-electron chi connectivity index (χ0n) is 10.8. The third-order valence-corrected chi connectivity index (χ3v) is 4.51. The van der Waals surface area contributed by atoms with E-state index in [0.29, 0.717) is 17.9 Å². The van der Waals surface area contributed by atoms with E-state index < -0.39 is 0 Å². The van der Waals surface area contributed by atoms with Gasteiger partial charge in [0.25, 0.3) is 0 Å². The van der Waals surface area contributed by atoms with Crippen molar-refractivity contribution in [2.24, 2.45) is 16.6 Å². The molecule has 19 heavy (non-hydrogen) atoms.